The second kappa shape index (κ2) is 5.79. The summed E-state index contributed by atoms with van der Waals surface area (Å²) in [6.07, 6.45) is 1.69. The highest BCUT2D eigenvalue weighted by molar-refractivity contribution is 9.10. The number of rotatable bonds is 3. The Morgan fingerprint density at radius 1 is 1.14 bits per heavy atom. The molecule has 3 nitrogen and oxygen atoms in total. The first kappa shape index (κ1) is 14.0. The second-order valence-corrected chi connectivity index (χ2v) is 5.83. The molecule has 21 heavy (non-hydrogen) atoms. The standard InChI is InChI=1S/C16H11BrN2OS/c17-11-5-6-13(16(18)21)15(8-11)20-12-7-10-3-1-2-4-14(10)19-9-12/h1-9H,(H2,18,21). The van der Waals surface area contributed by atoms with Gasteiger partial charge in [0.1, 0.15) is 16.5 Å². The van der Waals surface area contributed by atoms with Crippen LogP contribution >= 0.6 is 28.1 Å². The number of pyridine rings is 1. The van der Waals surface area contributed by atoms with Crippen LogP contribution in [-0.4, -0.2) is 9.97 Å². The summed E-state index contributed by atoms with van der Waals surface area (Å²) in [4.78, 5) is 4.67. The van der Waals surface area contributed by atoms with Crippen molar-refractivity contribution in [2.75, 3.05) is 0 Å². The zero-order chi connectivity index (χ0) is 14.8. The number of nitrogens with two attached hydrogens (primary N) is 1. The van der Waals surface area contributed by atoms with Gasteiger partial charge in [-0.05, 0) is 30.3 Å². The molecule has 3 rings (SSSR count). The van der Waals surface area contributed by atoms with Gasteiger partial charge in [-0.25, -0.2) is 0 Å². The van der Waals surface area contributed by atoms with Crippen molar-refractivity contribution in [3.8, 4) is 11.5 Å². The van der Waals surface area contributed by atoms with Crippen LogP contribution in [0, 0.1) is 0 Å². The first-order valence-corrected chi connectivity index (χ1v) is 7.45. The lowest BCUT2D eigenvalue weighted by molar-refractivity contribution is 0.480. The predicted octanol–water partition coefficient (Wildman–Crippen LogP) is 4.42. The monoisotopic (exact) mass is 358 g/mol. The molecular weight excluding hydrogens is 348 g/mol. The Morgan fingerprint density at radius 2 is 1.95 bits per heavy atom. The fraction of sp³-hybridized carbons (Fsp3) is 0. The largest absolute Gasteiger partial charge is 0.455 e. The highest BCUT2D eigenvalue weighted by Crippen LogP contribution is 2.29. The summed E-state index contributed by atoms with van der Waals surface area (Å²) in [5.41, 5.74) is 7.35. The summed E-state index contributed by atoms with van der Waals surface area (Å²) in [7, 11) is 0. The molecule has 2 N–H and O–H groups in total. The number of ether oxygens (including phenoxy) is 1. The van der Waals surface area contributed by atoms with E-state index in [0.29, 0.717) is 22.1 Å². The van der Waals surface area contributed by atoms with Crippen LogP contribution in [0.5, 0.6) is 11.5 Å². The molecule has 0 saturated heterocycles. The first-order valence-electron chi connectivity index (χ1n) is 6.25. The van der Waals surface area contributed by atoms with Gasteiger partial charge in [-0.2, -0.15) is 0 Å². The highest BCUT2D eigenvalue weighted by atomic mass is 79.9. The van der Waals surface area contributed by atoms with Crippen molar-refractivity contribution in [3.63, 3.8) is 0 Å². The molecule has 0 atom stereocenters. The lowest BCUT2D eigenvalue weighted by Gasteiger charge is -2.11. The van der Waals surface area contributed by atoms with Gasteiger partial charge in [-0.3, -0.25) is 4.98 Å². The Hall–Kier alpha value is -1.98. The smallest absolute Gasteiger partial charge is 0.146 e. The molecule has 0 aliphatic heterocycles. The number of thiocarbonyl (C=S) groups is 1. The topological polar surface area (TPSA) is 48.1 Å². The maximum atomic E-state index is 5.90. The molecule has 0 saturated carbocycles. The molecule has 0 spiro atoms. The maximum Gasteiger partial charge on any atom is 0.146 e. The van der Waals surface area contributed by atoms with Gasteiger partial charge >= 0.3 is 0 Å². The second-order valence-electron chi connectivity index (χ2n) is 4.47. The maximum absolute atomic E-state index is 5.90. The van der Waals surface area contributed by atoms with Crippen LogP contribution in [0.15, 0.2) is 59.2 Å². The van der Waals surface area contributed by atoms with Crippen LogP contribution in [0.4, 0.5) is 0 Å². The SMILES string of the molecule is NC(=S)c1ccc(Br)cc1Oc1cnc2ccccc2c1. The number of halogens is 1. The minimum absolute atomic E-state index is 0.297. The molecule has 0 aliphatic carbocycles. The number of fused-ring (bicyclic) bond motifs is 1. The first-order chi connectivity index (χ1) is 10.1. The van der Waals surface area contributed by atoms with Gasteiger partial charge in [-0.1, -0.05) is 46.3 Å². The Balaban J connectivity index is 2.02. The summed E-state index contributed by atoms with van der Waals surface area (Å²) in [5, 5.41) is 1.02. The summed E-state index contributed by atoms with van der Waals surface area (Å²) in [6, 6.07) is 15.3. The molecule has 0 unspecified atom stereocenters. The van der Waals surface area contributed by atoms with Gasteiger partial charge in [0.2, 0.25) is 0 Å². The third kappa shape index (κ3) is 3.04. The van der Waals surface area contributed by atoms with E-state index in [0.717, 1.165) is 15.4 Å². The summed E-state index contributed by atoms with van der Waals surface area (Å²) < 4.78 is 6.79. The van der Waals surface area contributed by atoms with Gasteiger partial charge in [0, 0.05) is 9.86 Å². The Labute approximate surface area is 135 Å². The number of hydrogen-bond donors (Lipinski definition) is 1. The van der Waals surface area contributed by atoms with E-state index in [2.05, 4.69) is 20.9 Å². The molecule has 0 amide bonds. The van der Waals surface area contributed by atoms with E-state index in [1.807, 2.05) is 48.5 Å². The van der Waals surface area contributed by atoms with Crippen molar-refractivity contribution < 1.29 is 4.74 Å². The molecule has 3 aromatic rings. The van der Waals surface area contributed by atoms with Crippen molar-refractivity contribution in [2.24, 2.45) is 5.73 Å². The Kier molecular flexibility index (Phi) is 3.86. The summed E-state index contributed by atoms with van der Waals surface area (Å²) >= 11 is 8.47. The van der Waals surface area contributed by atoms with Gasteiger partial charge in [0.05, 0.1) is 17.3 Å². The molecule has 104 valence electrons. The summed E-state index contributed by atoms with van der Waals surface area (Å²) in [5.74, 6) is 1.25. The van der Waals surface area contributed by atoms with E-state index in [9.17, 15) is 0 Å². The van der Waals surface area contributed by atoms with Crippen LogP contribution in [0.2, 0.25) is 0 Å². The third-order valence-corrected chi connectivity index (χ3v) is 3.72. The van der Waals surface area contributed by atoms with E-state index < -0.39 is 0 Å². The van der Waals surface area contributed by atoms with Crippen LogP contribution in [0.25, 0.3) is 10.9 Å². The van der Waals surface area contributed by atoms with Crippen molar-refractivity contribution in [2.45, 2.75) is 0 Å². The average molecular weight is 359 g/mol. The predicted molar refractivity (Wildman–Crippen MR) is 91.8 cm³/mol. The van der Waals surface area contributed by atoms with Gasteiger partial charge in [0.25, 0.3) is 0 Å². The zero-order valence-electron chi connectivity index (χ0n) is 10.9. The lowest BCUT2D eigenvalue weighted by atomic mass is 10.2. The number of hydrogen-bond acceptors (Lipinski definition) is 3. The van der Waals surface area contributed by atoms with Gasteiger partial charge < -0.3 is 10.5 Å². The molecular formula is C16H11BrN2OS. The van der Waals surface area contributed by atoms with E-state index >= 15 is 0 Å². The minimum Gasteiger partial charge on any atom is -0.455 e. The minimum atomic E-state index is 0.297. The number of nitrogens with zero attached hydrogens (tertiary/aromatic N) is 1. The van der Waals surface area contributed by atoms with Gasteiger partial charge in [0.15, 0.2) is 0 Å². The molecule has 0 bridgehead atoms. The Bertz CT molecular complexity index is 835. The average Bonchev–Trinajstić information content (AvgIpc) is 2.47. The molecule has 1 heterocycles. The van der Waals surface area contributed by atoms with E-state index in [1.165, 1.54) is 0 Å². The fourth-order valence-corrected chi connectivity index (χ4v) is 2.53. The number of aromatic nitrogens is 1. The normalized spacial score (nSPS) is 10.5. The molecule has 0 aliphatic rings. The molecule has 0 radical (unpaired) electrons. The third-order valence-electron chi connectivity index (χ3n) is 3.00. The van der Waals surface area contributed by atoms with Gasteiger partial charge in [-0.15, -0.1) is 0 Å². The van der Waals surface area contributed by atoms with E-state index in [-0.39, 0.29) is 0 Å². The van der Waals surface area contributed by atoms with Crippen molar-refractivity contribution in [1.82, 2.24) is 4.98 Å². The van der Waals surface area contributed by atoms with Crippen molar-refractivity contribution in [1.29, 1.82) is 0 Å². The van der Waals surface area contributed by atoms with E-state index in [1.54, 1.807) is 6.20 Å². The Morgan fingerprint density at radius 3 is 2.76 bits per heavy atom. The molecule has 2 aromatic carbocycles. The lowest BCUT2D eigenvalue weighted by Crippen LogP contribution is -2.10. The van der Waals surface area contributed by atoms with Crippen molar-refractivity contribution >= 4 is 44.0 Å². The van der Waals surface area contributed by atoms with Crippen LogP contribution in [-0.2, 0) is 0 Å². The van der Waals surface area contributed by atoms with Crippen molar-refractivity contribution in [3.05, 3.63) is 64.8 Å². The van der Waals surface area contributed by atoms with Crippen LogP contribution in [0.1, 0.15) is 5.56 Å². The molecule has 5 heteroatoms. The number of para-hydroxylation sites is 1. The zero-order valence-corrected chi connectivity index (χ0v) is 13.3. The quantitative estimate of drug-likeness (QED) is 0.703. The molecule has 0 fully saturated rings. The van der Waals surface area contributed by atoms with Crippen LogP contribution in [0.3, 0.4) is 0 Å². The summed E-state index contributed by atoms with van der Waals surface area (Å²) in [6.45, 7) is 0. The number of benzene rings is 2. The molecule has 1 aromatic heterocycles. The fourth-order valence-electron chi connectivity index (χ4n) is 2.02. The van der Waals surface area contributed by atoms with Crippen LogP contribution < -0.4 is 10.5 Å². The van der Waals surface area contributed by atoms with E-state index in [4.69, 9.17) is 22.7 Å². The highest BCUT2D eigenvalue weighted by Gasteiger charge is 2.09.